The molecule has 0 radical (unpaired) electrons. The van der Waals surface area contributed by atoms with Crippen LogP contribution in [-0.4, -0.2) is 60.3 Å². The maximum Gasteiger partial charge on any atom is 0.407 e. The third-order valence-electron chi connectivity index (χ3n) is 3.11. The lowest BCUT2D eigenvalue weighted by molar-refractivity contribution is 0.0592. The van der Waals surface area contributed by atoms with Gasteiger partial charge >= 0.3 is 12.1 Å². The first-order chi connectivity index (χ1) is 9.52. The van der Waals surface area contributed by atoms with Crippen LogP contribution in [0.5, 0.6) is 0 Å². The molecule has 0 spiro atoms. The van der Waals surface area contributed by atoms with E-state index in [-0.39, 0.29) is 11.4 Å². The molecule has 1 saturated heterocycles. The van der Waals surface area contributed by atoms with Crippen LogP contribution in [-0.2, 0) is 4.74 Å². The number of carbonyl (C=O) groups is 2. The number of esters is 1. The summed E-state index contributed by atoms with van der Waals surface area (Å²) in [5.41, 5.74) is 0.153. The number of carbonyl (C=O) groups excluding carboxylic acids is 1. The van der Waals surface area contributed by atoms with Gasteiger partial charge in [0.1, 0.15) is 0 Å². The molecule has 20 heavy (non-hydrogen) atoms. The largest absolute Gasteiger partial charge is 0.465 e. The number of anilines is 1. The van der Waals surface area contributed by atoms with Crippen LogP contribution in [0.3, 0.4) is 0 Å². The standard InChI is InChI=1S/C12H14FN3O4/c1-20-11(17)8-2-3-9(10(13)14-8)15-4-6-16(7-5-15)12(18)19/h2-3H,4-7H2,1H3,(H,18,19). The molecule has 1 aromatic rings. The molecule has 0 aliphatic carbocycles. The number of hydrogen-bond acceptors (Lipinski definition) is 5. The molecule has 2 heterocycles. The molecule has 1 aromatic heterocycles. The SMILES string of the molecule is COC(=O)c1ccc(N2CCN(C(=O)O)CC2)c(F)n1. The number of nitrogens with zero attached hydrogens (tertiary/aromatic N) is 3. The van der Waals surface area contributed by atoms with Crippen molar-refractivity contribution in [1.29, 1.82) is 0 Å². The summed E-state index contributed by atoms with van der Waals surface area (Å²) in [6.45, 7) is 1.35. The number of halogens is 1. The van der Waals surface area contributed by atoms with Crippen molar-refractivity contribution in [2.45, 2.75) is 0 Å². The third-order valence-corrected chi connectivity index (χ3v) is 3.11. The number of hydrogen-bond donors (Lipinski definition) is 1. The van der Waals surface area contributed by atoms with Crippen molar-refractivity contribution in [3.8, 4) is 0 Å². The monoisotopic (exact) mass is 283 g/mol. The Morgan fingerprint density at radius 2 is 1.95 bits per heavy atom. The Bertz CT molecular complexity index is 529. The van der Waals surface area contributed by atoms with E-state index in [4.69, 9.17) is 5.11 Å². The highest BCUT2D eigenvalue weighted by atomic mass is 19.1. The predicted molar refractivity (Wildman–Crippen MR) is 67.3 cm³/mol. The second-order valence-electron chi connectivity index (χ2n) is 4.25. The van der Waals surface area contributed by atoms with Crippen LogP contribution in [0.15, 0.2) is 12.1 Å². The van der Waals surface area contributed by atoms with Gasteiger partial charge in [-0.05, 0) is 12.1 Å². The predicted octanol–water partition coefficient (Wildman–Crippen LogP) is 0.807. The Morgan fingerprint density at radius 1 is 1.30 bits per heavy atom. The zero-order valence-corrected chi connectivity index (χ0v) is 10.9. The van der Waals surface area contributed by atoms with E-state index >= 15 is 0 Å². The lowest BCUT2D eigenvalue weighted by atomic mass is 10.2. The summed E-state index contributed by atoms with van der Waals surface area (Å²) in [6, 6.07) is 2.83. The van der Waals surface area contributed by atoms with Gasteiger partial charge in [-0.3, -0.25) is 0 Å². The van der Waals surface area contributed by atoms with Crippen LogP contribution >= 0.6 is 0 Å². The molecular formula is C12H14FN3O4. The highest BCUT2D eigenvalue weighted by Crippen LogP contribution is 2.20. The molecule has 1 amide bonds. The van der Waals surface area contributed by atoms with Crippen molar-refractivity contribution in [3.63, 3.8) is 0 Å². The van der Waals surface area contributed by atoms with E-state index in [1.54, 1.807) is 4.90 Å². The van der Waals surface area contributed by atoms with Crippen molar-refractivity contribution in [2.24, 2.45) is 0 Å². The maximum absolute atomic E-state index is 13.9. The van der Waals surface area contributed by atoms with Crippen molar-refractivity contribution in [1.82, 2.24) is 9.88 Å². The van der Waals surface area contributed by atoms with Gasteiger partial charge < -0.3 is 19.6 Å². The van der Waals surface area contributed by atoms with Gasteiger partial charge in [0.05, 0.1) is 12.8 Å². The summed E-state index contributed by atoms with van der Waals surface area (Å²) in [6.07, 6.45) is -0.982. The van der Waals surface area contributed by atoms with E-state index in [9.17, 15) is 14.0 Å². The van der Waals surface area contributed by atoms with Gasteiger partial charge in [-0.25, -0.2) is 14.6 Å². The number of ether oxygens (including phenoxy) is 1. The molecule has 7 nitrogen and oxygen atoms in total. The van der Waals surface area contributed by atoms with Crippen LogP contribution in [0.4, 0.5) is 14.9 Å². The minimum Gasteiger partial charge on any atom is -0.465 e. The summed E-state index contributed by atoms with van der Waals surface area (Å²) in [4.78, 5) is 28.5. The molecule has 0 unspecified atom stereocenters. The van der Waals surface area contributed by atoms with Gasteiger partial charge in [-0.1, -0.05) is 0 Å². The highest BCUT2D eigenvalue weighted by molar-refractivity contribution is 5.87. The Labute approximate surface area is 114 Å². The molecule has 1 aliphatic rings. The van der Waals surface area contributed by atoms with E-state index in [2.05, 4.69) is 9.72 Å². The molecule has 1 N–H and O–H groups in total. The second-order valence-corrected chi connectivity index (χ2v) is 4.25. The van der Waals surface area contributed by atoms with Crippen molar-refractivity contribution in [2.75, 3.05) is 38.2 Å². The minimum absolute atomic E-state index is 0.0991. The fraction of sp³-hybridized carbons (Fsp3) is 0.417. The second kappa shape index (κ2) is 5.72. The lowest BCUT2D eigenvalue weighted by Crippen LogP contribution is -2.48. The molecule has 0 saturated carbocycles. The van der Waals surface area contributed by atoms with Gasteiger partial charge in [-0.15, -0.1) is 0 Å². The van der Waals surface area contributed by atoms with E-state index < -0.39 is 18.0 Å². The van der Waals surface area contributed by atoms with E-state index in [0.717, 1.165) is 0 Å². The molecule has 0 bridgehead atoms. The number of rotatable bonds is 2. The van der Waals surface area contributed by atoms with E-state index in [1.165, 1.54) is 24.1 Å². The number of methoxy groups -OCH3 is 1. The van der Waals surface area contributed by atoms with E-state index in [0.29, 0.717) is 26.2 Å². The topological polar surface area (TPSA) is 83.0 Å². The molecule has 0 aromatic carbocycles. The summed E-state index contributed by atoms with van der Waals surface area (Å²) < 4.78 is 18.4. The van der Waals surface area contributed by atoms with Crippen LogP contribution in [0.25, 0.3) is 0 Å². The van der Waals surface area contributed by atoms with Gasteiger partial charge in [0.15, 0.2) is 5.69 Å². The fourth-order valence-electron chi connectivity index (χ4n) is 2.02. The average molecular weight is 283 g/mol. The van der Waals surface area contributed by atoms with Crippen molar-refractivity contribution < 1.29 is 23.8 Å². The number of aromatic nitrogens is 1. The molecule has 1 aliphatic heterocycles. The Hall–Kier alpha value is -2.38. The fourth-order valence-corrected chi connectivity index (χ4v) is 2.02. The number of pyridine rings is 1. The number of piperazine rings is 1. The Kier molecular flexibility index (Phi) is 4.02. The third kappa shape index (κ3) is 2.79. The average Bonchev–Trinajstić information content (AvgIpc) is 2.46. The maximum atomic E-state index is 13.9. The van der Waals surface area contributed by atoms with Gasteiger partial charge in [0.2, 0.25) is 5.95 Å². The normalized spacial score (nSPS) is 15.1. The van der Waals surface area contributed by atoms with Crippen molar-refractivity contribution >= 4 is 17.7 Å². The summed E-state index contributed by atoms with van der Waals surface area (Å²) in [7, 11) is 1.20. The summed E-state index contributed by atoms with van der Waals surface area (Å²) in [5, 5.41) is 8.84. The molecule has 0 atom stereocenters. The van der Waals surface area contributed by atoms with Crippen LogP contribution in [0.1, 0.15) is 10.5 Å². The highest BCUT2D eigenvalue weighted by Gasteiger charge is 2.23. The van der Waals surface area contributed by atoms with Crippen LogP contribution < -0.4 is 4.90 Å². The molecule has 1 fully saturated rings. The van der Waals surface area contributed by atoms with Crippen LogP contribution in [0, 0.1) is 5.95 Å². The Balaban J connectivity index is 2.11. The molecule has 108 valence electrons. The summed E-state index contributed by atoms with van der Waals surface area (Å²) in [5.74, 6) is -1.47. The van der Waals surface area contributed by atoms with Crippen LogP contribution in [0.2, 0.25) is 0 Å². The first-order valence-corrected chi connectivity index (χ1v) is 6.00. The number of amides is 1. The molecule has 8 heteroatoms. The van der Waals surface area contributed by atoms with Crippen molar-refractivity contribution in [3.05, 3.63) is 23.8 Å². The summed E-state index contributed by atoms with van der Waals surface area (Å²) >= 11 is 0. The lowest BCUT2D eigenvalue weighted by Gasteiger charge is -2.34. The first-order valence-electron chi connectivity index (χ1n) is 6.00. The number of carboxylic acid groups (broad SMARTS) is 1. The van der Waals surface area contributed by atoms with Gasteiger partial charge in [-0.2, -0.15) is 4.39 Å². The quantitative estimate of drug-likeness (QED) is 0.638. The zero-order chi connectivity index (χ0) is 14.7. The smallest absolute Gasteiger partial charge is 0.407 e. The minimum atomic E-state index is -0.982. The van der Waals surface area contributed by atoms with Gasteiger partial charge in [0, 0.05) is 26.2 Å². The molecule has 2 rings (SSSR count). The van der Waals surface area contributed by atoms with Gasteiger partial charge in [0.25, 0.3) is 0 Å². The Morgan fingerprint density at radius 3 is 2.45 bits per heavy atom. The zero-order valence-electron chi connectivity index (χ0n) is 10.9. The van der Waals surface area contributed by atoms with E-state index in [1.807, 2.05) is 0 Å². The first kappa shape index (κ1) is 14.0. The molecular weight excluding hydrogens is 269 g/mol.